The SMILES string of the molecule is CC(=O)Nc1ccccc1CN1CCCCCC1. The molecule has 0 saturated carbocycles. The first-order valence-corrected chi connectivity index (χ1v) is 6.83. The second-order valence-electron chi connectivity index (χ2n) is 5.03. The lowest BCUT2D eigenvalue weighted by atomic mass is 10.1. The number of para-hydroxylation sites is 1. The van der Waals surface area contributed by atoms with Crippen LogP contribution < -0.4 is 5.32 Å². The summed E-state index contributed by atoms with van der Waals surface area (Å²) in [4.78, 5) is 13.7. The highest BCUT2D eigenvalue weighted by molar-refractivity contribution is 5.89. The highest BCUT2D eigenvalue weighted by Gasteiger charge is 2.11. The average molecular weight is 246 g/mol. The summed E-state index contributed by atoms with van der Waals surface area (Å²) in [5.74, 6) is -0.00156. The topological polar surface area (TPSA) is 32.3 Å². The Hall–Kier alpha value is -1.35. The van der Waals surface area contributed by atoms with E-state index < -0.39 is 0 Å². The van der Waals surface area contributed by atoms with Gasteiger partial charge in [0.05, 0.1) is 0 Å². The van der Waals surface area contributed by atoms with Gasteiger partial charge in [-0.15, -0.1) is 0 Å². The standard InChI is InChI=1S/C15H22N2O/c1-13(18)16-15-9-5-4-8-14(15)12-17-10-6-2-3-7-11-17/h4-5,8-9H,2-3,6-7,10-12H2,1H3,(H,16,18). The summed E-state index contributed by atoms with van der Waals surface area (Å²) in [6, 6.07) is 8.10. The van der Waals surface area contributed by atoms with Gasteiger partial charge < -0.3 is 5.32 Å². The van der Waals surface area contributed by atoms with Crippen LogP contribution in [0.4, 0.5) is 5.69 Å². The first-order chi connectivity index (χ1) is 8.75. The largest absolute Gasteiger partial charge is 0.326 e. The highest BCUT2D eigenvalue weighted by atomic mass is 16.1. The predicted molar refractivity (Wildman–Crippen MR) is 74.5 cm³/mol. The number of likely N-dealkylation sites (tertiary alicyclic amines) is 1. The second-order valence-corrected chi connectivity index (χ2v) is 5.03. The van der Waals surface area contributed by atoms with Crippen molar-refractivity contribution in [3.8, 4) is 0 Å². The Balaban J connectivity index is 2.04. The Morgan fingerprint density at radius 1 is 1.17 bits per heavy atom. The Kier molecular flexibility index (Phi) is 4.76. The summed E-state index contributed by atoms with van der Waals surface area (Å²) < 4.78 is 0. The van der Waals surface area contributed by atoms with Gasteiger partial charge in [-0.05, 0) is 37.6 Å². The van der Waals surface area contributed by atoms with Gasteiger partial charge in [0.1, 0.15) is 0 Å². The molecule has 0 unspecified atom stereocenters. The number of benzene rings is 1. The normalized spacial score (nSPS) is 17.2. The minimum absolute atomic E-state index is 0.00156. The van der Waals surface area contributed by atoms with E-state index in [1.165, 1.54) is 44.3 Å². The molecule has 0 spiro atoms. The van der Waals surface area contributed by atoms with Gasteiger partial charge >= 0.3 is 0 Å². The van der Waals surface area contributed by atoms with Gasteiger partial charge in [0, 0.05) is 19.2 Å². The van der Waals surface area contributed by atoms with E-state index in [9.17, 15) is 4.79 Å². The maximum absolute atomic E-state index is 11.2. The Labute approximate surface area is 109 Å². The van der Waals surface area contributed by atoms with Crippen molar-refractivity contribution in [3.63, 3.8) is 0 Å². The van der Waals surface area contributed by atoms with Crippen LogP contribution in [-0.2, 0) is 11.3 Å². The number of hydrogen-bond donors (Lipinski definition) is 1. The fourth-order valence-corrected chi connectivity index (χ4v) is 2.50. The summed E-state index contributed by atoms with van der Waals surface area (Å²) in [7, 11) is 0. The number of carbonyl (C=O) groups excluding carboxylic acids is 1. The summed E-state index contributed by atoms with van der Waals surface area (Å²) in [6.07, 6.45) is 5.29. The van der Waals surface area contributed by atoms with E-state index in [1.54, 1.807) is 6.92 Å². The highest BCUT2D eigenvalue weighted by Crippen LogP contribution is 2.19. The molecule has 0 radical (unpaired) electrons. The Bertz CT molecular complexity index is 395. The molecule has 1 N–H and O–H groups in total. The average Bonchev–Trinajstić information content (AvgIpc) is 2.60. The van der Waals surface area contributed by atoms with Crippen molar-refractivity contribution in [2.45, 2.75) is 39.2 Å². The fourth-order valence-electron chi connectivity index (χ4n) is 2.50. The van der Waals surface area contributed by atoms with Gasteiger partial charge in [0.15, 0.2) is 0 Å². The molecule has 18 heavy (non-hydrogen) atoms. The number of carbonyl (C=O) groups is 1. The van der Waals surface area contributed by atoms with E-state index in [-0.39, 0.29) is 5.91 Å². The molecular weight excluding hydrogens is 224 g/mol. The van der Waals surface area contributed by atoms with Crippen LogP contribution in [0.15, 0.2) is 24.3 Å². The van der Waals surface area contributed by atoms with Crippen LogP contribution in [0, 0.1) is 0 Å². The van der Waals surface area contributed by atoms with Gasteiger partial charge in [-0.25, -0.2) is 0 Å². The van der Waals surface area contributed by atoms with Crippen LogP contribution in [0.5, 0.6) is 0 Å². The smallest absolute Gasteiger partial charge is 0.221 e. The maximum Gasteiger partial charge on any atom is 0.221 e. The quantitative estimate of drug-likeness (QED) is 0.889. The Morgan fingerprint density at radius 3 is 2.50 bits per heavy atom. The third-order valence-corrected chi connectivity index (χ3v) is 3.42. The zero-order chi connectivity index (χ0) is 12.8. The first-order valence-electron chi connectivity index (χ1n) is 6.83. The van der Waals surface area contributed by atoms with Crippen molar-refractivity contribution in [2.24, 2.45) is 0 Å². The van der Waals surface area contributed by atoms with Gasteiger partial charge in [-0.3, -0.25) is 9.69 Å². The molecule has 1 aromatic rings. The van der Waals surface area contributed by atoms with Crippen LogP contribution in [0.1, 0.15) is 38.2 Å². The molecule has 1 amide bonds. The van der Waals surface area contributed by atoms with E-state index in [1.807, 2.05) is 18.2 Å². The van der Waals surface area contributed by atoms with Crippen molar-refractivity contribution < 1.29 is 4.79 Å². The minimum atomic E-state index is -0.00156. The molecule has 1 saturated heterocycles. The molecule has 0 bridgehead atoms. The molecule has 0 atom stereocenters. The summed E-state index contributed by atoms with van der Waals surface area (Å²) >= 11 is 0. The van der Waals surface area contributed by atoms with Crippen LogP contribution in [-0.4, -0.2) is 23.9 Å². The number of nitrogens with zero attached hydrogens (tertiary/aromatic N) is 1. The molecule has 2 rings (SSSR count). The van der Waals surface area contributed by atoms with Crippen LogP contribution in [0.3, 0.4) is 0 Å². The molecule has 0 aliphatic carbocycles. The van der Waals surface area contributed by atoms with Crippen molar-refractivity contribution in [1.29, 1.82) is 0 Å². The third kappa shape index (κ3) is 3.84. The lowest BCUT2D eigenvalue weighted by Crippen LogP contribution is -2.24. The molecule has 98 valence electrons. The minimum Gasteiger partial charge on any atom is -0.326 e. The van der Waals surface area contributed by atoms with E-state index in [0.29, 0.717) is 0 Å². The van der Waals surface area contributed by atoms with Crippen LogP contribution >= 0.6 is 0 Å². The van der Waals surface area contributed by atoms with Crippen molar-refractivity contribution in [3.05, 3.63) is 29.8 Å². The maximum atomic E-state index is 11.2. The van der Waals surface area contributed by atoms with E-state index >= 15 is 0 Å². The number of amides is 1. The second kappa shape index (κ2) is 6.55. The molecule has 3 heteroatoms. The van der Waals surface area contributed by atoms with Gasteiger partial charge in [-0.1, -0.05) is 31.0 Å². The van der Waals surface area contributed by atoms with E-state index in [0.717, 1.165) is 12.2 Å². The zero-order valence-electron chi connectivity index (χ0n) is 11.1. The summed E-state index contributed by atoms with van der Waals surface area (Å²) in [6.45, 7) is 4.85. The monoisotopic (exact) mass is 246 g/mol. The van der Waals surface area contributed by atoms with E-state index in [2.05, 4.69) is 16.3 Å². The molecule has 3 nitrogen and oxygen atoms in total. The van der Waals surface area contributed by atoms with Crippen molar-refractivity contribution in [2.75, 3.05) is 18.4 Å². The van der Waals surface area contributed by atoms with E-state index in [4.69, 9.17) is 0 Å². The molecule has 1 aliphatic rings. The molecular formula is C15H22N2O. The van der Waals surface area contributed by atoms with Crippen molar-refractivity contribution in [1.82, 2.24) is 4.90 Å². The number of hydrogen-bond acceptors (Lipinski definition) is 2. The lowest BCUT2D eigenvalue weighted by Gasteiger charge is -2.21. The summed E-state index contributed by atoms with van der Waals surface area (Å²) in [5.41, 5.74) is 2.17. The zero-order valence-corrected chi connectivity index (χ0v) is 11.1. The number of rotatable bonds is 3. The first kappa shape index (κ1) is 13.1. The molecule has 1 heterocycles. The Morgan fingerprint density at radius 2 is 1.83 bits per heavy atom. The molecule has 0 aromatic heterocycles. The number of nitrogens with one attached hydrogen (secondary N) is 1. The van der Waals surface area contributed by atoms with Gasteiger partial charge in [0.25, 0.3) is 0 Å². The van der Waals surface area contributed by atoms with Crippen LogP contribution in [0.25, 0.3) is 0 Å². The van der Waals surface area contributed by atoms with Crippen LogP contribution in [0.2, 0.25) is 0 Å². The van der Waals surface area contributed by atoms with Crippen molar-refractivity contribution >= 4 is 11.6 Å². The lowest BCUT2D eigenvalue weighted by molar-refractivity contribution is -0.114. The molecule has 1 aromatic carbocycles. The van der Waals surface area contributed by atoms with Gasteiger partial charge in [-0.2, -0.15) is 0 Å². The molecule has 1 aliphatic heterocycles. The summed E-state index contributed by atoms with van der Waals surface area (Å²) in [5, 5.41) is 2.91. The third-order valence-electron chi connectivity index (χ3n) is 3.42. The molecule has 1 fully saturated rings. The van der Waals surface area contributed by atoms with Gasteiger partial charge in [0.2, 0.25) is 5.91 Å². The number of anilines is 1. The fraction of sp³-hybridized carbons (Fsp3) is 0.533. The predicted octanol–water partition coefficient (Wildman–Crippen LogP) is 3.02.